The minimum Gasteiger partial charge on any atom is -0.497 e. The molecule has 1 aliphatic heterocycles. The molecule has 0 unspecified atom stereocenters. The number of fused-ring (bicyclic) bond motifs is 1. The van der Waals surface area contributed by atoms with Crippen LogP contribution in [0.25, 0.3) is 5.65 Å². The van der Waals surface area contributed by atoms with Gasteiger partial charge in [-0.3, -0.25) is 18.9 Å². The molecular weight excluding hydrogens is 468 g/mol. The zero-order chi connectivity index (χ0) is 24.8. The maximum atomic E-state index is 12.9. The molecule has 1 saturated heterocycles. The number of amides is 4. The maximum absolute atomic E-state index is 12.9. The highest BCUT2D eigenvalue weighted by Crippen LogP contribution is 2.19. The van der Waals surface area contributed by atoms with Gasteiger partial charge in [0.15, 0.2) is 11.5 Å². The lowest BCUT2D eigenvalue weighted by Gasteiger charge is -2.18. The summed E-state index contributed by atoms with van der Waals surface area (Å²) in [5, 5.41) is 14.1. The van der Waals surface area contributed by atoms with E-state index in [-0.39, 0.29) is 24.9 Å². The maximum Gasteiger partial charge on any atom is 0.324 e. The number of benzene rings is 1. The van der Waals surface area contributed by atoms with Gasteiger partial charge in [0.25, 0.3) is 5.91 Å². The first-order valence-electron chi connectivity index (χ1n) is 11.3. The highest BCUT2D eigenvalue weighted by atomic mass is 32.2. The second kappa shape index (κ2) is 11.2. The van der Waals surface area contributed by atoms with Gasteiger partial charge in [0.05, 0.1) is 19.6 Å². The Morgan fingerprint density at radius 3 is 2.74 bits per heavy atom. The topological polar surface area (TPSA) is 118 Å². The standard InChI is InChI=1S/C24H28N6O4S/c1-34-17-8-6-16(7-9-17)10-13-30-23(32)19(26-24(30)33)15-21(31)25-18(11-14-35-2)22-28-27-20-5-3-4-12-29(20)22/h3-9,12,18-19H,10-11,13-15H2,1-2H3,(H,25,31)(H,26,33)/t18-,19-/m1/s1. The highest BCUT2D eigenvalue weighted by Gasteiger charge is 2.39. The summed E-state index contributed by atoms with van der Waals surface area (Å²) in [4.78, 5) is 39.3. The molecule has 2 atom stereocenters. The number of ether oxygens (including phenoxy) is 1. The van der Waals surface area contributed by atoms with Crippen molar-refractivity contribution in [2.75, 3.05) is 25.7 Å². The Hall–Kier alpha value is -3.60. The fraction of sp³-hybridized carbons (Fsp3) is 0.375. The van der Waals surface area contributed by atoms with Crippen LogP contribution in [0.2, 0.25) is 0 Å². The number of nitrogens with one attached hydrogen (secondary N) is 2. The average Bonchev–Trinajstić information content (AvgIpc) is 3.41. The van der Waals surface area contributed by atoms with Gasteiger partial charge in [0.1, 0.15) is 11.8 Å². The lowest BCUT2D eigenvalue weighted by molar-refractivity contribution is -0.131. The van der Waals surface area contributed by atoms with Crippen LogP contribution >= 0.6 is 11.8 Å². The van der Waals surface area contributed by atoms with Crippen LogP contribution in [-0.4, -0.2) is 69.0 Å². The molecule has 184 valence electrons. The molecule has 1 fully saturated rings. The summed E-state index contributed by atoms with van der Waals surface area (Å²) in [6.07, 6.45) is 4.87. The first-order valence-corrected chi connectivity index (χ1v) is 12.7. The average molecular weight is 497 g/mol. The molecule has 0 radical (unpaired) electrons. The van der Waals surface area contributed by atoms with Crippen molar-refractivity contribution in [3.63, 3.8) is 0 Å². The second-order valence-electron chi connectivity index (χ2n) is 8.18. The number of rotatable bonds is 11. The molecular formula is C24H28N6O4S. The van der Waals surface area contributed by atoms with E-state index in [2.05, 4.69) is 20.8 Å². The van der Waals surface area contributed by atoms with Crippen LogP contribution in [0.4, 0.5) is 4.79 Å². The Morgan fingerprint density at radius 2 is 2.00 bits per heavy atom. The zero-order valence-corrected chi connectivity index (χ0v) is 20.5. The SMILES string of the molecule is COc1ccc(CCN2C(=O)N[C@H](CC(=O)N[C@H](CCSC)c3nnc4ccccn34)C2=O)cc1. The van der Waals surface area contributed by atoms with Crippen molar-refractivity contribution < 1.29 is 19.1 Å². The molecule has 11 heteroatoms. The number of pyridine rings is 1. The summed E-state index contributed by atoms with van der Waals surface area (Å²) in [7, 11) is 1.60. The molecule has 1 aliphatic rings. The monoisotopic (exact) mass is 496 g/mol. The van der Waals surface area contributed by atoms with E-state index in [1.807, 2.05) is 59.3 Å². The number of methoxy groups -OCH3 is 1. The Labute approximate surface area is 207 Å². The molecule has 4 amide bonds. The smallest absolute Gasteiger partial charge is 0.324 e. The number of carbonyl (C=O) groups is 3. The van der Waals surface area contributed by atoms with Gasteiger partial charge in [-0.15, -0.1) is 10.2 Å². The minimum atomic E-state index is -0.894. The second-order valence-corrected chi connectivity index (χ2v) is 9.17. The van der Waals surface area contributed by atoms with Gasteiger partial charge in [-0.1, -0.05) is 18.2 Å². The van der Waals surface area contributed by atoms with E-state index < -0.39 is 18.0 Å². The third-order valence-corrected chi connectivity index (χ3v) is 6.52. The van der Waals surface area contributed by atoms with Crippen LogP contribution in [0.1, 0.15) is 30.3 Å². The highest BCUT2D eigenvalue weighted by molar-refractivity contribution is 7.98. The van der Waals surface area contributed by atoms with Crippen molar-refractivity contribution in [1.82, 2.24) is 30.1 Å². The molecule has 10 nitrogen and oxygen atoms in total. The van der Waals surface area contributed by atoms with Crippen LogP contribution in [0, 0.1) is 0 Å². The minimum absolute atomic E-state index is 0.143. The Bertz CT molecular complexity index is 1200. The molecule has 0 aliphatic carbocycles. The van der Waals surface area contributed by atoms with Gasteiger partial charge in [-0.2, -0.15) is 11.8 Å². The lowest BCUT2D eigenvalue weighted by Crippen LogP contribution is -2.38. The fourth-order valence-corrected chi connectivity index (χ4v) is 4.47. The van der Waals surface area contributed by atoms with E-state index in [1.165, 1.54) is 4.90 Å². The van der Waals surface area contributed by atoms with Gasteiger partial charge >= 0.3 is 6.03 Å². The molecule has 4 rings (SSSR count). The Kier molecular flexibility index (Phi) is 7.86. The molecule has 0 bridgehead atoms. The molecule has 2 N–H and O–H groups in total. The number of urea groups is 1. The summed E-state index contributed by atoms with van der Waals surface area (Å²) in [5.74, 6) is 1.45. The first kappa shape index (κ1) is 24.5. The summed E-state index contributed by atoms with van der Waals surface area (Å²) in [5.41, 5.74) is 1.67. The van der Waals surface area contributed by atoms with E-state index in [4.69, 9.17) is 4.74 Å². The summed E-state index contributed by atoms with van der Waals surface area (Å²) >= 11 is 1.67. The van der Waals surface area contributed by atoms with Crippen LogP contribution in [0.5, 0.6) is 5.75 Å². The number of thioether (sulfide) groups is 1. The number of nitrogens with zero attached hydrogens (tertiary/aromatic N) is 4. The van der Waals surface area contributed by atoms with Gasteiger partial charge in [-0.05, 0) is 54.7 Å². The molecule has 0 spiro atoms. The lowest BCUT2D eigenvalue weighted by atomic mass is 10.1. The van der Waals surface area contributed by atoms with Crippen molar-refractivity contribution in [2.45, 2.75) is 31.3 Å². The van der Waals surface area contributed by atoms with Crippen LogP contribution in [-0.2, 0) is 16.0 Å². The third kappa shape index (κ3) is 5.73. The van der Waals surface area contributed by atoms with Crippen molar-refractivity contribution in [2.24, 2.45) is 0 Å². The van der Waals surface area contributed by atoms with Crippen molar-refractivity contribution in [1.29, 1.82) is 0 Å². The van der Waals surface area contributed by atoms with Crippen molar-refractivity contribution in [3.8, 4) is 5.75 Å². The van der Waals surface area contributed by atoms with E-state index in [1.54, 1.807) is 18.9 Å². The molecule has 2 aromatic heterocycles. The van der Waals surface area contributed by atoms with Crippen LogP contribution in [0.15, 0.2) is 48.7 Å². The van der Waals surface area contributed by atoms with E-state index in [0.29, 0.717) is 24.3 Å². The van der Waals surface area contributed by atoms with Crippen LogP contribution in [0.3, 0.4) is 0 Å². The van der Waals surface area contributed by atoms with Crippen molar-refractivity contribution >= 4 is 35.3 Å². The molecule has 35 heavy (non-hydrogen) atoms. The largest absolute Gasteiger partial charge is 0.497 e. The fourth-order valence-electron chi connectivity index (χ4n) is 4.00. The van der Waals surface area contributed by atoms with Gasteiger partial charge < -0.3 is 15.4 Å². The molecule has 3 heterocycles. The normalized spacial score (nSPS) is 16.4. The van der Waals surface area contributed by atoms with Gasteiger partial charge in [-0.25, -0.2) is 4.79 Å². The van der Waals surface area contributed by atoms with E-state index >= 15 is 0 Å². The number of hydrogen-bond donors (Lipinski definition) is 2. The summed E-state index contributed by atoms with van der Waals surface area (Å²) in [6, 6.07) is 11.3. The van der Waals surface area contributed by atoms with Crippen molar-refractivity contribution in [3.05, 3.63) is 60.0 Å². The quantitative estimate of drug-likeness (QED) is 0.391. The summed E-state index contributed by atoms with van der Waals surface area (Å²) in [6.45, 7) is 0.233. The third-order valence-electron chi connectivity index (χ3n) is 5.88. The number of imide groups is 1. The molecule has 0 saturated carbocycles. The van der Waals surface area contributed by atoms with Gasteiger partial charge in [0.2, 0.25) is 5.91 Å². The van der Waals surface area contributed by atoms with Crippen LogP contribution < -0.4 is 15.4 Å². The summed E-state index contributed by atoms with van der Waals surface area (Å²) < 4.78 is 6.99. The predicted octanol–water partition coefficient (Wildman–Crippen LogP) is 2.20. The number of carbonyl (C=O) groups excluding carboxylic acids is 3. The van der Waals surface area contributed by atoms with E-state index in [9.17, 15) is 14.4 Å². The van der Waals surface area contributed by atoms with E-state index in [0.717, 1.165) is 17.1 Å². The number of aromatic nitrogens is 3. The zero-order valence-electron chi connectivity index (χ0n) is 19.6. The Morgan fingerprint density at radius 1 is 1.20 bits per heavy atom. The molecule has 3 aromatic rings. The number of hydrogen-bond acceptors (Lipinski definition) is 7. The van der Waals surface area contributed by atoms with Gasteiger partial charge in [0, 0.05) is 12.7 Å². The molecule has 1 aromatic carbocycles. The predicted molar refractivity (Wildman–Crippen MR) is 132 cm³/mol. The Balaban J connectivity index is 1.37. The first-order chi connectivity index (χ1) is 17.0.